The third-order valence-corrected chi connectivity index (χ3v) is 7.11. The lowest BCUT2D eigenvalue weighted by molar-refractivity contribution is -0.152. The van der Waals surface area contributed by atoms with E-state index in [9.17, 15) is 19.5 Å². The van der Waals surface area contributed by atoms with Gasteiger partial charge in [-0.15, -0.1) is 0 Å². The smallest absolute Gasteiger partial charge is 0.407 e. The highest BCUT2D eigenvalue weighted by molar-refractivity contribution is 5.92. The molecule has 1 saturated carbocycles. The van der Waals surface area contributed by atoms with Gasteiger partial charge in [0.2, 0.25) is 5.91 Å². The van der Waals surface area contributed by atoms with Gasteiger partial charge >= 0.3 is 12.1 Å². The van der Waals surface area contributed by atoms with Crippen molar-refractivity contribution in [3.05, 3.63) is 59.7 Å². The lowest BCUT2D eigenvalue weighted by Gasteiger charge is -2.35. The van der Waals surface area contributed by atoms with Crippen LogP contribution in [0.2, 0.25) is 0 Å². The zero-order chi connectivity index (χ0) is 23.7. The summed E-state index contributed by atoms with van der Waals surface area (Å²) in [7, 11) is 0. The molecule has 0 aromatic heterocycles. The minimum atomic E-state index is -1.37. The number of fused-ring (bicyclic) bond motifs is 3. The Balaban J connectivity index is 1.25. The minimum absolute atomic E-state index is 0.0221. The molecule has 2 aromatic carbocycles. The van der Waals surface area contributed by atoms with Crippen LogP contribution in [0.3, 0.4) is 0 Å². The molecule has 2 fully saturated rings. The lowest BCUT2D eigenvalue weighted by Crippen LogP contribution is -2.61. The SMILES string of the molecule is O=C(NC(C(=O)NC1(C(=O)O)CCOCC1)C1CC1)OCC1c2ccccc2-c2ccccc21. The maximum absolute atomic E-state index is 13.0. The number of carboxylic acid groups (broad SMARTS) is 1. The molecule has 0 spiro atoms. The number of ether oxygens (including phenoxy) is 2. The van der Waals surface area contributed by atoms with Gasteiger partial charge in [-0.3, -0.25) is 4.79 Å². The van der Waals surface area contributed by atoms with E-state index < -0.39 is 29.6 Å². The van der Waals surface area contributed by atoms with Crippen molar-refractivity contribution >= 4 is 18.0 Å². The number of hydrogen-bond donors (Lipinski definition) is 3. The first-order chi connectivity index (χ1) is 16.5. The van der Waals surface area contributed by atoms with E-state index in [4.69, 9.17) is 9.47 Å². The number of carbonyl (C=O) groups excluding carboxylic acids is 2. The monoisotopic (exact) mass is 464 g/mol. The van der Waals surface area contributed by atoms with E-state index in [2.05, 4.69) is 22.8 Å². The Bertz CT molecular complexity index is 1060. The summed E-state index contributed by atoms with van der Waals surface area (Å²) in [4.78, 5) is 37.7. The molecule has 178 valence electrons. The Morgan fingerprint density at radius 3 is 2.15 bits per heavy atom. The molecule has 8 nitrogen and oxygen atoms in total. The van der Waals surface area contributed by atoms with Crippen LogP contribution in [0.15, 0.2) is 48.5 Å². The molecule has 3 aliphatic rings. The van der Waals surface area contributed by atoms with E-state index in [0.29, 0.717) is 0 Å². The van der Waals surface area contributed by atoms with Gasteiger partial charge in [-0.25, -0.2) is 9.59 Å². The van der Waals surface area contributed by atoms with Crippen molar-refractivity contribution in [3.8, 4) is 11.1 Å². The van der Waals surface area contributed by atoms with Gasteiger partial charge in [0.25, 0.3) is 0 Å². The van der Waals surface area contributed by atoms with Crippen LogP contribution in [0.5, 0.6) is 0 Å². The molecular formula is C26H28N2O6. The summed E-state index contributed by atoms with van der Waals surface area (Å²) in [5.41, 5.74) is 3.12. The first-order valence-corrected chi connectivity index (χ1v) is 11.7. The van der Waals surface area contributed by atoms with Crippen LogP contribution in [-0.4, -0.2) is 54.5 Å². The summed E-state index contributed by atoms with van der Waals surface area (Å²) >= 11 is 0. The molecule has 1 heterocycles. The van der Waals surface area contributed by atoms with E-state index in [-0.39, 0.29) is 44.5 Å². The van der Waals surface area contributed by atoms with E-state index in [1.807, 2.05) is 36.4 Å². The van der Waals surface area contributed by atoms with E-state index in [1.165, 1.54) is 0 Å². The fraction of sp³-hybridized carbons (Fsp3) is 0.423. The third kappa shape index (κ3) is 4.25. The summed E-state index contributed by atoms with van der Waals surface area (Å²) in [6, 6.07) is 15.3. The van der Waals surface area contributed by atoms with Crippen LogP contribution in [0.25, 0.3) is 11.1 Å². The number of amides is 2. The Labute approximate surface area is 197 Å². The molecule has 3 N–H and O–H groups in total. The molecule has 0 bridgehead atoms. The van der Waals surface area contributed by atoms with Crippen LogP contribution < -0.4 is 10.6 Å². The molecule has 34 heavy (non-hydrogen) atoms. The Morgan fingerprint density at radius 1 is 1.00 bits per heavy atom. The predicted molar refractivity (Wildman–Crippen MR) is 123 cm³/mol. The van der Waals surface area contributed by atoms with Gasteiger partial charge in [0.15, 0.2) is 0 Å². The number of carboxylic acids is 1. The van der Waals surface area contributed by atoms with Crippen LogP contribution in [-0.2, 0) is 19.1 Å². The van der Waals surface area contributed by atoms with Crippen molar-refractivity contribution in [2.75, 3.05) is 19.8 Å². The second-order valence-electron chi connectivity index (χ2n) is 9.27. The van der Waals surface area contributed by atoms with Crippen molar-refractivity contribution in [2.24, 2.45) is 5.92 Å². The quantitative estimate of drug-likeness (QED) is 0.580. The van der Waals surface area contributed by atoms with Gasteiger partial charge in [-0.1, -0.05) is 48.5 Å². The largest absolute Gasteiger partial charge is 0.480 e. The molecule has 8 heteroatoms. The topological polar surface area (TPSA) is 114 Å². The highest BCUT2D eigenvalue weighted by Crippen LogP contribution is 2.44. The van der Waals surface area contributed by atoms with Crippen molar-refractivity contribution in [2.45, 2.75) is 43.2 Å². The number of aliphatic carboxylic acids is 1. The normalized spacial score (nSPS) is 19.4. The molecule has 0 radical (unpaired) electrons. The average molecular weight is 465 g/mol. The summed E-state index contributed by atoms with van der Waals surface area (Å²) in [6.07, 6.45) is 1.30. The summed E-state index contributed by atoms with van der Waals surface area (Å²) in [6.45, 7) is 0.677. The molecule has 2 amide bonds. The highest BCUT2D eigenvalue weighted by Gasteiger charge is 2.46. The van der Waals surface area contributed by atoms with E-state index in [0.717, 1.165) is 35.1 Å². The minimum Gasteiger partial charge on any atom is -0.480 e. The molecule has 2 aliphatic carbocycles. The fourth-order valence-electron chi connectivity index (χ4n) is 5.02. The third-order valence-electron chi connectivity index (χ3n) is 7.11. The summed E-state index contributed by atoms with van der Waals surface area (Å²) in [5.74, 6) is -1.67. The lowest BCUT2D eigenvalue weighted by atomic mass is 9.89. The van der Waals surface area contributed by atoms with Crippen molar-refractivity contribution in [3.63, 3.8) is 0 Å². The predicted octanol–water partition coefficient (Wildman–Crippen LogP) is 3.05. The van der Waals surface area contributed by atoms with Gasteiger partial charge in [-0.2, -0.15) is 0 Å². The molecule has 1 saturated heterocycles. The van der Waals surface area contributed by atoms with Crippen molar-refractivity contribution < 1.29 is 29.0 Å². The standard InChI is InChI=1S/C26H28N2O6/c29-23(28-26(24(30)31)11-13-33-14-12-26)22(16-9-10-16)27-25(32)34-15-21-19-7-3-1-5-17(19)18-6-2-4-8-20(18)21/h1-8,16,21-22H,9-15H2,(H,27,32)(H,28,29)(H,30,31). The Morgan fingerprint density at radius 2 is 1.59 bits per heavy atom. The number of nitrogens with one attached hydrogen (secondary N) is 2. The molecule has 1 aliphatic heterocycles. The van der Waals surface area contributed by atoms with Crippen LogP contribution in [0.4, 0.5) is 4.79 Å². The van der Waals surface area contributed by atoms with Crippen LogP contribution >= 0.6 is 0 Å². The first kappa shape index (κ1) is 22.4. The molecule has 1 atom stereocenters. The second kappa shape index (κ2) is 9.10. The second-order valence-corrected chi connectivity index (χ2v) is 9.27. The van der Waals surface area contributed by atoms with Crippen molar-refractivity contribution in [1.82, 2.24) is 10.6 Å². The average Bonchev–Trinajstić information content (AvgIpc) is 3.64. The Hall–Kier alpha value is -3.39. The zero-order valence-corrected chi connectivity index (χ0v) is 18.8. The molecule has 2 aromatic rings. The van der Waals surface area contributed by atoms with Gasteiger partial charge < -0.3 is 25.2 Å². The fourth-order valence-corrected chi connectivity index (χ4v) is 5.02. The van der Waals surface area contributed by atoms with Gasteiger partial charge in [0, 0.05) is 32.0 Å². The number of rotatable bonds is 7. The van der Waals surface area contributed by atoms with E-state index >= 15 is 0 Å². The van der Waals surface area contributed by atoms with Gasteiger partial charge in [0.05, 0.1) is 0 Å². The Kier molecular flexibility index (Phi) is 6.00. The number of carbonyl (C=O) groups is 3. The van der Waals surface area contributed by atoms with Crippen molar-refractivity contribution in [1.29, 1.82) is 0 Å². The van der Waals surface area contributed by atoms with Gasteiger partial charge in [-0.05, 0) is 41.0 Å². The number of hydrogen-bond acceptors (Lipinski definition) is 5. The number of alkyl carbamates (subject to hydrolysis) is 1. The van der Waals surface area contributed by atoms with E-state index in [1.54, 1.807) is 0 Å². The van der Waals surface area contributed by atoms with Gasteiger partial charge in [0.1, 0.15) is 18.2 Å². The number of benzene rings is 2. The molecule has 5 rings (SSSR count). The maximum atomic E-state index is 13.0. The van der Waals surface area contributed by atoms with Crippen LogP contribution in [0.1, 0.15) is 42.7 Å². The summed E-state index contributed by atoms with van der Waals surface area (Å²) in [5, 5.41) is 15.1. The first-order valence-electron chi connectivity index (χ1n) is 11.7. The maximum Gasteiger partial charge on any atom is 0.407 e. The van der Waals surface area contributed by atoms with Crippen LogP contribution in [0, 0.1) is 5.92 Å². The summed E-state index contributed by atoms with van der Waals surface area (Å²) < 4.78 is 10.9. The highest BCUT2D eigenvalue weighted by atomic mass is 16.5. The zero-order valence-electron chi connectivity index (χ0n) is 18.8. The molecule has 1 unspecified atom stereocenters. The molecular weight excluding hydrogens is 436 g/mol.